The molecule has 1 aliphatic heterocycles. The molecule has 0 spiro atoms. The second kappa shape index (κ2) is 8.28. The normalized spacial score (nSPS) is 19.6. The van der Waals surface area contributed by atoms with Crippen LogP contribution in [0.5, 0.6) is 0 Å². The molecule has 0 aromatic heterocycles. The van der Waals surface area contributed by atoms with E-state index in [1.807, 2.05) is 4.90 Å². The molecule has 3 nitrogen and oxygen atoms in total. The predicted molar refractivity (Wildman–Crippen MR) is 73.4 cm³/mol. The summed E-state index contributed by atoms with van der Waals surface area (Å²) < 4.78 is 0. The van der Waals surface area contributed by atoms with Crippen molar-refractivity contribution in [2.45, 2.75) is 65.2 Å². The van der Waals surface area contributed by atoms with Crippen LogP contribution in [-0.4, -0.2) is 29.7 Å². The van der Waals surface area contributed by atoms with E-state index in [2.05, 4.69) is 13.8 Å². The number of Topliss-reactive ketones (excluding diaryl/α,β-unsaturated/α-hetero) is 1. The van der Waals surface area contributed by atoms with Crippen LogP contribution in [-0.2, 0) is 9.59 Å². The Balaban J connectivity index is 2.20. The van der Waals surface area contributed by atoms with Crippen molar-refractivity contribution in [3.63, 3.8) is 0 Å². The standard InChI is InChI=1S/C15H27NO2/c1-3-5-6-7-8-9-14(17)13-11-15(18)16(12-13)10-4-2/h13H,3-12H2,1-2H3. The lowest BCUT2D eigenvalue weighted by molar-refractivity contribution is -0.128. The Bertz CT molecular complexity index is 276. The molecular weight excluding hydrogens is 226 g/mol. The Morgan fingerprint density at radius 3 is 2.56 bits per heavy atom. The molecule has 0 aliphatic carbocycles. The Morgan fingerprint density at radius 2 is 1.89 bits per heavy atom. The van der Waals surface area contributed by atoms with Gasteiger partial charge in [0, 0.05) is 31.8 Å². The number of hydrogen-bond donors (Lipinski definition) is 0. The number of unbranched alkanes of at least 4 members (excludes halogenated alkanes) is 4. The lowest BCUT2D eigenvalue weighted by atomic mass is 9.98. The molecule has 3 heteroatoms. The van der Waals surface area contributed by atoms with Crippen LogP contribution in [0.15, 0.2) is 0 Å². The molecule has 1 fully saturated rings. The number of hydrogen-bond acceptors (Lipinski definition) is 2. The number of rotatable bonds is 9. The highest BCUT2D eigenvalue weighted by Crippen LogP contribution is 2.21. The first-order valence-corrected chi connectivity index (χ1v) is 7.49. The largest absolute Gasteiger partial charge is 0.342 e. The fourth-order valence-electron chi connectivity index (χ4n) is 2.58. The van der Waals surface area contributed by atoms with Crippen LogP contribution in [0.4, 0.5) is 0 Å². The van der Waals surface area contributed by atoms with Crippen LogP contribution in [0.25, 0.3) is 0 Å². The quantitative estimate of drug-likeness (QED) is 0.592. The Kier molecular flexibility index (Phi) is 6.99. The van der Waals surface area contributed by atoms with Crippen molar-refractivity contribution in [3.05, 3.63) is 0 Å². The van der Waals surface area contributed by atoms with Gasteiger partial charge in [0.15, 0.2) is 0 Å². The van der Waals surface area contributed by atoms with Crippen LogP contribution in [0, 0.1) is 5.92 Å². The number of carbonyl (C=O) groups is 2. The Morgan fingerprint density at radius 1 is 1.17 bits per heavy atom. The van der Waals surface area contributed by atoms with Gasteiger partial charge in [-0.25, -0.2) is 0 Å². The summed E-state index contributed by atoms with van der Waals surface area (Å²) >= 11 is 0. The van der Waals surface area contributed by atoms with Crippen LogP contribution >= 0.6 is 0 Å². The maximum Gasteiger partial charge on any atom is 0.223 e. The fourth-order valence-corrected chi connectivity index (χ4v) is 2.58. The lowest BCUT2D eigenvalue weighted by Crippen LogP contribution is -2.26. The molecule has 1 rings (SSSR count). The fraction of sp³-hybridized carbons (Fsp3) is 0.867. The first-order valence-electron chi connectivity index (χ1n) is 7.49. The number of carbonyl (C=O) groups excluding carboxylic acids is 2. The van der Waals surface area contributed by atoms with Crippen molar-refractivity contribution in [1.82, 2.24) is 4.90 Å². The summed E-state index contributed by atoms with van der Waals surface area (Å²) in [7, 11) is 0. The molecule has 1 atom stereocenters. The van der Waals surface area contributed by atoms with Crippen molar-refractivity contribution < 1.29 is 9.59 Å². The van der Waals surface area contributed by atoms with Crippen molar-refractivity contribution in [3.8, 4) is 0 Å². The van der Waals surface area contributed by atoms with Gasteiger partial charge in [0.1, 0.15) is 5.78 Å². The zero-order valence-corrected chi connectivity index (χ0v) is 11.9. The molecule has 1 unspecified atom stereocenters. The van der Waals surface area contributed by atoms with Gasteiger partial charge in [-0.15, -0.1) is 0 Å². The zero-order valence-electron chi connectivity index (χ0n) is 11.9. The average Bonchev–Trinajstić information content (AvgIpc) is 2.71. The molecule has 0 saturated carbocycles. The average molecular weight is 253 g/mol. The smallest absolute Gasteiger partial charge is 0.223 e. The minimum Gasteiger partial charge on any atom is -0.342 e. The maximum absolute atomic E-state index is 12.0. The van der Waals surface area contributed by atoms with Crippen LogP contribution < -0.4 is 0 Å². The second-order valence-corrected chi connectivity index (χ2v) is 5.37. The van der Waals surface area contributed by atoms with E-state index in [4.69, 9.17) is 0 Å². The van der Waals surface area contributed by atoms with Gasteiger partial charge in [-0.1, -0.05) is 39.5 Å². The van der Waals surface area contributed by atoms with E-state index in [1.54, 1.807) is 0 Å². The second-order valence-electron chi connectivity index (χ2n) is 5.37. The molecule has 0 aromatic rings. The van der Waals surface area contributed by atoms with Crippen molar-refractivity contribution in [1.29, 1.82) is 0 Å². The highest BCUT2D eigenvalue weighted by molar-refractivity contribution is 5.90. The van der Waals surface area contributed by atoms with Gasteiger partial charge < -0.3 is 4.90 Å². The summed E-state index contributed by atoms with van der Waals surface area (Å²) in [5, 5.41) is 0. The Hall–Kier alpha value is -0.860. The van der Waals surface area contributed by atoms with E-state index in [0.29, 0.717) is 25.2 Å². The van der Waals surface area contributed by atoms with Crippen LogP contribution in [0.1, 0.15) is 65.2 Å². The molecular formula is C15H27NO2. The Labute approximate surface area is 111 Å². The molecule has 1 amide bonds. The molecule has 1 saturated heterocycles. The van der Waals surface area contributed by atoms with Crippen molar-refractivity contribution in [2.75, 3.05) is 13.1 Å². The molecule has 0 bridgehead atoms. The number of nitrogens with zero attached hydrogens (tertiary/aromatic N) is 1. The SMILES string of the molecule is CCCCCCCC(=O)C1CC(=O)N(CCC)C1. The van der Waals surface area contributed by atoms with E-state index >= 15 is 0 Å². The molecule has 104 valence electrons. The van der Waals surface area contributed by atoms with E-state index in [1.165, 1.54) is 19.3 Å². The van der Waals surface area contributed by atoms with Gasteiger partial charge in [-0.2, -0.15) is 0 Å². The summed E-state index contributed by atoms with van der Waals surface area (Å²) in [4.78, 5) is 25.5. The number of ketones is 1. The van der Waals surface area contributed by atoms with E-state index in [-0.39, 0.29) is 11.8 Å². The van der Waals surface area contributed by atoms with Gasteiger partial charge >= 0.3 is 0 Å². The third-order valence-electron chi connectivity index (χ3n) is 3.69. The van der Waals surface area contributed by atoms with Crippen molar-refractivity contribution >= 4 is 11.7 Å². The summed E-state index contributed by atoms with van der Waals surface area (Å²) in [6, 6.07) is 0. The summed E-state index contributed by atoms with van der Waals surface area (Å²) in [6.45, 7) is 5.73. The highest BCUT2D eigenvalue weighted by atomic mass is 16.2. The number of amides is 1. The third kappa shape index (κ3) is 4.79. The molecule has 0 N–H and O–H groups in total. The molecule has 1 heterocycles. The highest BCUT2D eigenvalue weighted by Gasteiger charge is 2.32. The maximum atomic E-state index is 12.0. The van der Waals surface area contributed by atoms with E-state index in [0.717, 1.165) is 25.8 Å². The number of likely N-dealkylation sites (tertiary alicyclic amines) is 1. The van der Waals surface area contributed by atoms with Gasteiger partial charge in [0.25, 0.3) is 0 Å². The molecule has 1 aliphatic rings. The van der Waals surface area contributed by atoms with Gasteiger partial charge in [-0.05, 0) is 12.8 Å². The van der Waals surface area contributed by atoms with Crippen LogP contribution in [0.3, 0.4) is 0 Å². The topological polar surface area (TPSA) is 37.4 Å². The van der Waals surface area contributed by atoms with Gasteiger partial charge in [-0.3, -0.25) is 9.59 Å². The monoisotopic (exact) mass is 253 g/mol. The molecule has 0 aromatic carbocycles. The summed E-state index contributed by atoms with van der Waals surface area (Å²) in [5.74, 6) is 0.454. The zero-order chi connectivity index (χ0) is 13.4. The minimum absolute atomic E-state index is 0.0183. The minimum atomic E-state index is -0.0183. The lowest BCUT2D eigenvalue weighted by Gasteiger charge is -2.14. The third-order valence-corrected chi connectivity index (χ3v) is 3.69. The first-order chi connectivity index (χ1) is 8.69. The van der Waals surface area contributed by atoms with Crippen molar-refractivity contribution in [2.24, 2.45) is 5.92 Å². The van der Waals surface area contributed by atoms with Crippen LogP contribution in [0.2, 0.25) is 0 Å². The summed E-state index contributed by atoms with van der Waals surface area (Å²) in [5.41, 5.74) is 0. The van der Waals surface area contributed by atoms with Gasteiger partial charge in [0.2, 0.25) is 5.91 Å². The first kappa shape index (κ1) is 15.2. The summed E-state index contributed by atoms with van der Waals surface area (Å²) in [6.07, 6.45) is 7.97. The molecule has 18 heavy (non-hydrogen) atoms. The predicted octanol–water partition coefficient (Wildman–Crippen LogP) is 3.17. The van der Waals surface area contributed by atoms with E-state index < -0.39 is 0 Å². The molecule has 0 radical (unpaired) electrons. The van der Waals surface area contributed by atoms with Gasteiger partial charge in [0.05, 0.1) is 0 Å². The van der Waals surface area contributed by atoms with E-state index in [9.17, 15) is 9.59 Å².